The van der Waals surface area contributed by atoms with Crippen molar-refractivity contribution in [1.29, 1.82) is 0 Å². The fraction of sp³-hybridized carbons (Fsp3) is 0. The number of furan rings is 1. The molecule has 0 bridgehead atoms. The minimum absolute atomic E-state index is 0.0705. The second-order valence-corrected chi connectivity index (χ2v) is 15.2. The summed E-state index contributed by atoms with van der Waals surface area (Å²) in [7, 11) is 0. The number of nitrogens with zero attached hydrogens (tertiary/aromatic N) is 2. The normalized spacial score (nSPS) is 13.2. The van der Waals surface area contributed by atoms with Gasteiger partial charge in [-0.05, 0) is 107 Å². The molecule has 0 atom stereocenters. The van der Waals surface area contributed by atoms with E-state index in [0.29, 0.717) is 17.0 Å². The number of anilines is 3. The SMILES string of the molecule is [2H]c1c([2H])c([2H])c(N(c2ccc(-c3ccc4c(c3)c3cc5ccc6c7ccccc7sc6c5cc3n4-c3ccccc3)cc2)c2ccc3oc4ccccc4c3c2)c([2H])c1[2H]. The number of fused-ring (bicyclic) bond motifs is 11. The zero-order valence-corrected chi connectivity index (χ0v) is 30.6. The summed E-state index contributed by atoms with van der Waals surface area (Å²) >= 11 is 1.85. The highest BCUT2D eigenvalue weighted by atomic mass is 32.1. The summed E-state index contributed by atoms with van der Waals surface area (Å²) in [6.45, 7) is 0. The zero-order chi connectivity index (χ0) is 41.1. The summed E-state index contributed by atoms with van der Waals surface area (Å²) in [6.07, 6.45) is 0. The highest BCUT2D eigenvalue weighted by Gasteiger charge is 2.18. The summed E-state index contributed by atoms with van der Waals surface area (Å²) in [5.74, 6) is 0. The van der Waals surface area contributed by atoms with Crippen LogP contribution in [0.15, 0.2) is 198 Å². The van der Waals surface area contributed by atoms with Crippen molar-refractivity contribution in [3.63, 3.8) is 0 Å². The Morgan fingerprint density at radius 2 is 1.20 bits per heavy atom. The van der Waals surface area contributed by atoms with E-state index in [4.69, 9.17) is 11.3 Å². The van der Waals surface area contributed by atoms with Crippen LogP contribution in [0.4, 0.5) is 17.1 Å². The lowest BCUT2D eigenvalue weighted by molar-refractivity contribution is 0.669. The highest BCUT2D eigenvalue weighted by Crippen LogP contribution is 2.43. The van der Waals surface area contributed by atoms with Crippen molar-refractivity contribution < 1.29 is 11.3 Å². The molecule has 4 heteroatoms. The molecule has 0 radical (unpaired) electrons. The first-order valence-corrected chi connectivity index (χ1v) is 19.4. The molecule has 262 valence electrons. The van der Waals surface area contributed by atoms with Crippen molar-refractivity contribution in [2.45, 2.75) is 0 Å². The van der Waals surface area contributed by atoms with Crippen LogP contribution >= 0.6 is 11.3 Å². The number of hydrogen-bond acceptors (Lipinski definition) is 3. The Labute approximate surface area is 333 Å². The molecular weight excluding hydrogens is 701 g/mol. The van der Waals surface area contributed by atoms with E-state index in [2.05, 4.69) is 95.6 Å². The average Bonchev–Trinajstić information content (AvgIpc) is 3.98. The molecule has 0 aliphatic rings. The maximum absolute atomic E-state index is 8.99. The van der Waals surface area contributed by atoms with Gasteiger partial charge in [-0.3, -0.25) is 0 Å². The van der Waals surface area contributed by atoms with E-state index in [9.17, 15) is 0 Å². The van der Waals surface area contributed by atoms with Gasteiger partial charge in [0.25, 0.3) is 0 Å². The molecule has 0 saturated carbocycles. The average molecular weight is 738 g/mol. The molecule has 12 rings (SSSR count). The molecule has 3 aromatic heterocycles. The Morgan fingerprint density at radius 1 is 0.464 bits per heavy atom. The van der Waals surface area contributed by atoms with Crippen molar-refractivity contribution >= 4 is 103 Å². The molecule has 0 spiro atoms. The summed E-state index contributed by atoms with van der Waals surface area (Å²) in [6, 6.07) is 54.7. The van der Waals surface area contributed by atoms with Gasteiger partial charge < -0.3 is 13.9 Å². The second-order valence-electron chi connectivity index (χ2n) is 14.2. The van der Waals surface area contributed by atoms with Gasteiger partial charge in [-0.1, -0.05) is 103 Å². The lowest BCUT2D eigenvalue weighted by atomic mass is 10.0. The Hall–Kier alpha value is -7.14. The van der Waals surface area contributed by atoms with Crippen molar-refractivity contribution in [3.05, 3.63) is 194 Å². The molecule has 3 nitrogen and oxygen atoms in total. The van der Waals surface area contributed by atoms with Crippen molar-refractivity contribution in [2.75, 3.05) is 4.90 Å². The number of para-hydroxylation sites is 3. The predicted octanol–water partition coefficient (Wildman–Crippen LogP) is 15.3. The summed E-state index contributed by atoms with van der Waals surface area (Å²) in [5.41, 5.74) is 8.17. The lowest BCUT2D eigenvalue weighted by Gasteiger charge is -2.25. The van der Waals surface area contributed by atoms with Crippen molar-refractivity contribution in [2.24, 2.45) is 0 Å². The highest BCUT2D eigenvalue weighted by molar-refractivity contribution is 7.26. The van der Waals surface area contributed by atoms with Crippen LogP contribution in [-0.4, -0.2) is 4.57 Å². The van der Waals surface area contributed by atoms with Gasteiger partial charge in [0.2, 0.25) is 0 Å². The Balaban J connectivity index is 1.03. The van der Waals surface area contributed by atoms with Gasteiger partial charge in [-0.15, -0.1) is 11.3 Å². The number of benzene rings is 9. The van der Waals surface area contributed by atoms with E-state index in [1.165, 1.54) is 36.3 Å². The second kappa shape index (κ2) is 12.2. The Morgan fingerprint density at radius 3 is 2.07 bits per heavy atom. The molecule has 0 N–H and O–H groups in total. The molecule has 0 fully saturated rings. The third-order valence-corrected chi connectivity index (χ3v) is 12.3. The van der Waals surface area contributed by atoms with Crippen LogP contribution in [0, 0.1) is 0 Å². The van der Waals surface area contributed by atoms with E-state index >= 15 is 0 Å². The van der Waals surface area contributed by atoms with Gasteiger partial charge in [0.15, 0.2) is 0 Å². The molecule has 9 aromatic carbocycles. The smallest absolute Gasteiger partial charge is 0.135 e. The van der Waals surface area contributed by atoms with E-state index in [1.807, 2.05) is 84.1 Å². The van der Waals surface area contributed by atoms with Crippen LogP contribution in [0.2, 0.25) is 0 Å². The van der Waals surface area contributed by atoms with Gasteiger partial charge in [0.1, 0.15) is 11.2 Å². The van der Waals surface area contributed by atoms with Gasteiger partial charge in [-0.2, -0.15) is 0 Å². The predicted molar refractivity (Wildman–Crippen MR) is 239 cm³/mol. The molecule has 0 aliphatic heterocycles. The first-order valence-electron chi connectivity index (χ1n) is 21.1. The number of aromatic nitrogens is 1. The van der Waals surface area contributed by atoms with Crippen molar-refractivity contribution in [3.8, 4) is 16.8 Å². The van der Waals surface area contributed by atoms with Crippen LogP contribution in [0.1, 0.15) is 6.85 Å². The quantitative estimate of drug-likeness (QED) is 0.175. The first kappa shape index (κ1) is 26.6. The molecule has 0 aliphatic carbocycles. The molecule has 0 amide bonds. The maximum Gasteiger partial charge on any atom is 0.135 e. The molecule has 0 unspecified atom stereocenters. The minimum atomic E-state index is -0.435. The van der Waals surface area contributed by atoms with Crippen LogP contribution in [-0.2, 0) is 0 Å². The number of hydrogen-bond donors (Lipinski definition) is 0. The van der Waals surface area contributed by atoms with Crippen molar-refractivity contribution in [1.82, 2.24) is 4.57 Å². The molecule has 12 aromatic rings. The number of rotatable bonds is 5. The fourth-order valence-corrected chi connectivity index (χ4v) is 9.70. The van der Waals surface area contributed by atoms with E-state index in [1.54, 1.807) is 4.90 Å². The first-order chi connectivity index (χ1) is 29.8. The Bertz CT molecular complexity index is 3750. The van der Waals surface area contributed by atoms with E-state index in [-0.39, 0.29) is 17.8 Å². The topological polar surface area (TPSA) is 21.3 Å². The maximum atomic E-state index is 8.99. The molecular formula is C52H32N2OS. The molecule has 3 heterocycles. The van der Waals surface area contributed by atoms with Crippen LogP contribution in [0.25, 0.3) is 91.5 Å². The largest absolute Gasteiger partial charge is 0.456 e. The third kappa shape index (κ3) is 4.76. The van der Waals surface area contributed by atoms with Crippen LogP contribution in [0.5, 0.6) is 0 Å². The number of thiophene rings is 1. The summed E-state index contributed by atoms with van der Waals surface area (Å²) in [5, 5.41) is 9.11. The molecule has 56 heavy (non-hydrogen) atoms. The van der Waals surface area contributed by atoms with Crippen LogP contribution < -0.4 is 4.90 Å². The van der Waals surface area contributed by atoms with Gasteiger partial charge in [-0.25, -0.2) is 0 Å². The van der Waals surface area contributed by atoms with Gasteiger partial charge in [0, 0.05) is 69.9 Å². The lowest BCUT2D eigenvalue weighted by Crippen LogP contribution is -2.09. The van der Waals surface area contributed by atoms with Crippen LogP contribution in [0.3, 0.4) is 0 Å². The van der Waals surface area contributed by atoms with Gasteiger partial charge in [0.05, 0.1) is 17.9 Å². The standard InChI is InChI=1S/C52H32N2OS/c1-3-11-36(12-4-1)53(39-25-28-50-46(31-39)40-15-7-9-17-49(40)55-50)38-23-19-33(20-24-38)34-22-27-47-44(29-34)45-30-35-21-26-42-41-16-8-10-18-51(41)56-52(42)43(35)32-48(45)54(47)37-13-5-2-6-14-37/h1-32H/i1D,3D,4D,11D,12D. The minimum Gasteiger partial charge on any atom is -0.456 e. The van der Waals surface area contributed by atoms with E-state index < -0.39 is 18.1 Å². The molecule has 0 saturated heterocycles. The third-order valence-electron chi connectivity index (χ3n) is 11.0. The summed E-state index contributed by atoms with van der Waals surface area (Å²) < 4.78 is 54.5. The zero-order valence-electron chi connectivity index (χ0n) is 34.8. The Kier molecular flexibility index (Phi) is 5.79. The monoisotopic (exact) mass is 737 g/mol. The fourth-order valence-electron chi connectivity index (χ4n) is 8.47. The van der Waals surface area contributed by atoms with Gasteiger partial charge >= 0.3 is 0 Å². The van der Waals surface area contributed by atoms with E-state index in [0.717, 1.165) is 49.6 Å². The summed E-state index contributed by atoms with van der Waals surface area (Å²) in [4.78, 5) is 1.75.